The molecule has 0 spiro atoms. The van der Waals surface area contributed by atoms with E-state index in [-0.39, 0.29) is 50.5 Å². The fourth-order valence-corrected chi connectivity index (χ4v) is 5.31. The van der Waals surface area contributed by atoms with E-state index in [1.807, 2.05) is 13.8 Å². The molecular formula is C31H55N11O10. The average molecular weight is 742 g/mol. The molecule has 0 saturated carbocycles. The summed E-state index contributed by atoms with van der Waals surface area (Å²) < 4.78 is 0. The molecule has 15 N–H and O–H groups in total. The minimum absolute atomic E-state index is 0.0432. The van der Waals surface area contributed by atoms with Gasteiger partial charge in [0, 0.05) is 19.5 Å². The Hall–Kier alpha value is -5.05. The fraction of sp³-hybridized carbons (Fsp3) is 0.710. The fourth-order valence-electron chi connectivity index (χ4n) is 5.31. The molecule has 21 heteroatoms. The average Bonchev–Trinajstić information content (AvgIpc) is 3.54. The Kier molecular flexibility index (Phi) is 19.0. The molecule has 294 valence electrons. The molecule has 0 radical (unpaired) electrons. The predicted molar refractivity (Wildman–Crippen MR) is 186 cm³/mol. The number of carboxylic acid groups (broad SMARTS) is 1. The van der Waals surface area contributed by atoms with Gasteiger partial charge in [-0.1, -0.05) is 13.8 Å². The van der Waals surface area contributed by atoms with E-state index >= 15 is 0 Å². The van der Waals surface area contributed by atoms with Crippen LogP contribution in [0.15, 0.2) is 4.99 Å². The molecule has 52 heavy (non-hydrogen) atoms. The van der Waals surface area contributed by atoms with Gasteiger partial charge in [0.25, 0.3) is 0 Å². The normalized spacial score (nSPS) is 17.4. The zero-order valence-corrected chi connectivity index (χ0v) is 30.1. The van der Waals surface area contributed by atoms with Crippen LogP contribution in [0.25, 0.3) is 0 Å². The van der Waals surface area contributed by atoms with Crippen molar-refractivity contribution in [2.75, 3.05) is 19.6 Å². The summed E-state index contributed by atoms with van der Waals surface area (Å²) in [6.07, 6.45) is -0.882. The largest absolute Gasteiger partial charge is 0.480 e. The first-order chi connectivity index (χ1) is 24.2. The number of carbonyl (C=O) groups excluding carboxylic acids is 7. The predicted octanol–water partition coefficient (Wildman–Crippen LogP) is -4.79. The molecular weight excluding hydrogens is 686 g/mol. The monoisotopic (exact) mass is 741 g/mol. The Bertz CT molecular complexity index is 1320. The van der Waals surface area contributed by atoms with Gasteiger partial charge in [0.15, 0.2) is 12.0 Å². The van der Waals surface area contributed by atoms with E-state index in [0.29, 0.717) is 19.4 Å². The number of aliphatic hydroxyl groups is 1. The van der Waals surface area contributed by atoms with Gasteiger partial charge in [-0.2, -0.15) is 0 Å². The standard InChI is InChI=1S/C31H55N11O10/c1-15(2)13-20(40-28(49)21-8-6-12-42(21)29(50)16(3)32)27(48)38-18(7-5-11-36-31(34)35)26(47)39-19(9-10-22(33)44)25(46)37-14-23(45)41-24(17(4)43)30(51)52/h15-21,24,43H,5-14,32H2,1-4H3,(H2,33,44)(H,37,46)(H,38,48)(H,39,47)(H,40,49)(H,41,45)(H,51,52)(H4,34,35,36)/t16-,17+,18-,19-,20-,21-,24-/m0/s1. The summed E-state index contributed by atoms with van der Waals surface area (Å²) in [4.78, 5) is 107. The zero-order valence-electron chi connectivity index (χ0n) is 30.1. The van der Waals surface area contributed by atoms with Gasteiger partial charge in [-0.15, -0.1) is 0 Å². The topological polar surface area (TPSA) is 357 Å². The third-order valence-electron chi connectivity index (χ3n) is 7.95. The number of hydrogen-bond donors (Lipinski definition) is 11. The van der Waals surface area contributed by atoms with Crippen LogP contribution in [0.4, 0.5) is 0 Å². The summed E-state index contributed by atoms with van der Waals surface area (Å²) in [6.45, 7) is 5.96. The van der Waals surface area contributed by atoms with Crippen molar-refractivity contribution in [3.05, 3.63) is 0 Å². The Morgan fingerprint density at radius 2 is 1.44 bits per heavy atom. The minimum Gasteiger partial charge on any atom is -0.480 e. The number of rotatable bonds is 22. The Labute approximate surface area is 301 Å². The summed E-state index contributed by atoms with van der Waals surface area (Å²) in [5, 5.41) is 30.8. The van der Waals surface area contributed by atoms with Crippen molar-refractivity contribution >= 4 is 53.3 Å². The third-order valence-corrected chi connectivity index (χ3v) is 7.95. The molecule has 0 unspecified atom stereocenters. The Morgan fingerprint density at radius 3 is 1.96 bits per heavy atom. The lowest BCUT2D eigenvalue weighted by molar-refractivity contribution is -0.144. The van der Waals surface area contributed by atoms with Crippen molar-refractivity contribution in [1.82, 2.24) is 31.5 Å². The highest BCUT2D eigenvalue weighted by Gasteiger charge is 2.37. The summed E-state index contributed by atoms with van der Waals surface area (Å²) in [7, 11) is 0. The summed E-state index contributed by atoms with van der Waals surface area (Å²) >= 11 is 0. The van der Waals surface area contributed by atoms with Gasteiger partial charge in [0.1, 0.15) is 24.2 Å². The summed E-state index contributed by atoms with van der Waals surface area (Å²) in [6, 6.07) is -7.21. The molecule has 0 aromatic rings. The lowest BCUT2D eigenvalue weighted by Crippen LogP contribution is -2.59. The van der Waals surface area contributed by atoms with Gasteiger partial charge >= 0.3 is 5.97 Å². The molecule has 1 rings (SSSR count). The molecule has 7 atom stereocenters. The van der Waals surface area contributed by atoms with Crippen molar-refractivity contribution in [3.63, 3.8) is 0 Å². The third kappa shape index (κ3) is 15.9. The van der Waals surface area contributed by atoms with Crippen molar-refractivity contribution in [3.8, 4) is 0 Å². The first-order valence-corrected chi connectivity index (χ1v) is 17.0. The van der Waals surface area contributed by atoms with Gasteiger partial charge in [0.05, 0.1) is 18.7 Å². The van der Waals surface area contributed by atoms with E-state index < -0.39 is 96.2 Å². The second kappa shape index (κ2) is 22.0. The Balaban J connectivity index is 3.22. The van der Waals surface area contributed by atoms with E-state index in [4.69, 9.17) is 22.9 Å². The van der Waals surface area contributed by atoms with Crippen LogP contribution in [-0.2, 0) is 38.4 Å². The molecule has 0 aromatic carbocycles. The number of aliphatic hydroxyl groups excluding tert-OH is 1. The molecule has 1 saturated heterocycles. The van der Waals surface area contributed by atoms with Crippen LogP contribution < -0.4 is 49.5 Å². The van der Waals surface area contributed by atoms with Crippen molar-refractivity contribution < 1.29 is 48.6 Å². The van der Waals surface area contributed by atoms with Gasteiger partial charge in [-0.05, 0) is 58.3 Å². The highest BCUT2D eigenvalue weighted by atomic mass is 16.4. The van der Waals surface area contributed by atoms with E-state index in [0.717, 1.165) is 6.92 Å². The molecule has 1 heterocycles. The quantitative estimate of drug-likeness (QED) is 0.0282. The van der Waals surface area contributed by atoms with Gasteiger partial charge in [-0.3, -0.25) is 38.6 Å². The van der Waals surface area contributed by atoms with E-state index in [1.54, 1.807) is 0 Å². The van der Waals surface area contributed by atoms with E-state index in [1.165, 1.54) is 11.8 Å². The molecule has 0 aromatic heterocycles. The number of nitrogens with zero attached hydrogens (tertiary/aromatic N) is 2. The molecule has 1 aliphatic heterocycles. The van der Waals surface area contributed by atoms with Gasteiger partial charge < -0.3 is 64.6 Å². The molecule has 1 fully saturated rings. The first-order valence-electron chi connectivity index (χ1n) is 17.0. The molecule has 0 bridgehead atoms. The number of aliphatic carboxylic acids is 1. The SMILES string of the molecule is CC(C)C[C@H](NC(=O)[C@@H]1CCCN1C(=O)[C@H](C)N)C(=O)N[C@@H](CCCN=C(N)N)C(=O)N[C@@H](CCC(N)=O)C(=O)NCC(=O)N[C@H](C(=O)O)[C@@H](C)O. The van der Waals surface area contributed by atoms with Crippen LogP contribution >= 0.6 is 0 Å². The summed E-state index contributed by atoms with van der Waals surface area (Å²) in [5.41, 5.74) is 21.8. The van der Waals surface area contributed by atoms with Crippen molar-refractivity contribution in [2.45, 2.75) is 115 Å². The van der Waals surface area contributed by atoms with E-state index in [2.05, 4.69) is 31.6 Å². The van der Waals surface area contributed by atoms with Crippen LogP contribution in [0, 0.1) is 5.92 Å². The molecule has 21 nitrogen and oxygen atoms in total. The number of carbonyl (C=O) groups is 8. The number of amides is 7. The highest BCUT2D eigenvalue weighted by Crippen LogP contribution is 2.19. The number of aliphatic imine (C=N–C) groups is 1. The van der Waals surface area contributed by atoms with Crippen LogP contribution in [-0.4, -0.2) is 130 Å². The smallest absolute Gasteiger partial charge is 0.328 e. The maximum Gasteiger partial charge on any atom is 0.328 e. The Morgan fingerprint density at radius 1 is 0.846 bits per heavy atom. The van der Waals surface area contributed by atoms with Crippen molar-refractivity contribution in [2.24, 2.45) is 33.8 Å². The number of guanidine groups is 1. The maximum atomic E-state index is 13.7. The van der Waals surface area contributed by atoms with Crippen LogP contribution in [0.2, 0.25) is 0 Å². The molecule has 0 aliphatic carbocycles. The second-order valence-electron chi connectivity index (χ2n) is 13.1. The van der Waals surface area contributed by atoms with Crippen LogP contribution in [0.1, 0.15) is 72.6 Å². The molecule has 1 aliphatic rings. The zero-order chi connectivity index (χ0) is 39.7. The first kappa shape index (κ1) is 45.0. The van der Waals surface area contributed by atoms with Crippen LogP contribution in [0.5, 0.6) is 0 Å². The number of nitrogens with two attached hydrogens (primary N) is 4. The number of likely N-dealkylation sites (tertiary alicyclic amines) is 1. The van der Waals surface area contributed by atoms with Crippen LogP contribution in [0.3, 0.4) is 0 Å². The lowest BCUT2D eigenvalue weighted by Gasteiger charge is -2.29. The maximum absolute atomic E-state index is 13.7. The number of primary amides is 1. The number of carboxylic acids is 1. The van der Waals surface area contributed by atoms with Gasteiger partial charge in [0.2, 0.25) is 41.4 Å². The lowest BCUT2D eigenvalue weighted by atomic mass is 10.0. The highest BCUT2D eigenvalue weighted by molar-refractivity contribution is 5.96. The van der Waals surface area contributed by atoms with Gasteiger partial charge in [-0.25, -0.2) is 4.79 Å². The number of nitrogens with one attached hydrogen (secondary N) is 5. The number of hydrogen-bond acceptors (Lipinski definition) is 11. The molecule has 7 amide bonds. The second-order valence-corrected chi connectivity index (χ2v) is 13.1. The van der Waals surface area contributed by atoms with Crippen molar-refractivity contribution in [1.29, 1.82) is 0 Å². The van der Waals surface area contributed by atoms with E-state index in [9.17, 15) is 48.6 Å². The minimum atomic E-state index is -1.66. The summed E-state index contributed by atoms with van der Waals surface area (Å²) in [5.74, 6) is -7.08.